The third-order valence-corrected chi connectivity index (χ3v) is 2.07. The van der Waals surface area contributed by atoms with E-state index in [9.17, 15) is 4.79 Å². The molecule has 1 atom stereocenters. The Morgan fingerprint density at radius 1 is 1.36 bits per heavy atom. The molecule has 0 aliphatic rings. The molecular formula is C10H22N2O2. The molecule has 4 heteroatoms. The number of carbonyl (C=O) groups excluding carboxylic acids is 1. The highest BCUT2D eigenvalue weighted by molar-refractivity contribution is 5.82. The summed E-state index contributed by atoms with van der Waals surface area (Å²) >= 11 is 0. The van der Waals surface area contributed by atoms with E-state index in [4.69, 9.17) is 10.8 Å². The van der Waals surface area contributed by atoms with E-state index in [1.807, 2.05) is 20.8 Å². The van der Waals surface area contributed by atoms with Gasteiger partial charge in [0.15, 0.2) is 0 Å². The number of carbonyl (C=O) groups is 1. The molecule has 4 N–H and O–H groups in total. The van der Waals surface area contributed by atoms with Gasteiger partial charge in [0.2, 0.25) is 5.91 Å². The third kappa shape index (κ3) is 4.07. The summed E-state index contributed by atoms with van der Waals surface area (Å²) in [4.78, 5) is 11.6. The van der Waals surface area contributed by atoms with Crippen molar-refractivity contribution in [3.05, 3.63) is 0 Å². The summed E-state index contributed by atoms with van der Waals surface area (Å²) in [6.07, 6.45) is 0. The van der Waals surface area contributed by atoms with Crippen LogP contribution in [-0.4, -0.2) is 29.2 Å². The first-order chi connectivity index (χ1) is 6.10. The molecule has 1 unspecified atom stereocenters. The summed E-state index contributed by atoms with van der Waals surface area (Å²) in [5.41, 5.74) is 4.88. The molecule has 0 aromatic heterocycles. The largest absolute Gasteiger partial charge is 0.394 e. The van der Waals surface area contributed by atoms with Crippen molar-refractivity contribution in [2.75, 3.05) is 6.61 Å². The zero-order valence-corrected chi connectivity index (χ0v) is 9.72. The summed E-state index contributed by atoms with van der Waals surface area (Å²) in [5, 5.41) is 11.7. The van der Waals surface area contributed by atoms with Crippen molar-refractivity contribution in [3.8, 4) is 0 Å². The molecule has 84 valence electrons. The van der Waals surface area contributed by atoms with Crippen LogP contribution in [0.4, 0.5) is 0 Å². The molecule has 0 aliphatic heterocycles. The molecular weight excluding hydrogens is 180 g/mol. The summed E-state index contributed by atoms with van der Waals surface area (Å²) in [7, 11) is 0. The van der Waals surface area contributed by atoms with Gasteiger partial charge < -0.3 is 16.2 Å². The SMILES string of the molecule is CC(C)(CO)NC(=O)C(N)C(C)(C)C. The number of hydrogen-bond donors (Lipinski definition) is 3. The van der Waals surface area contributed by atoms with Gasteiger partial charge in [-0.25, -0.2) is 0 Å². The number of amides is 1. The van der Waals surface area contributed by atoms with Gasteiger partial charge in [0.1, 0.15) is 0 Å². The molecule has 14 heavy (non-hydrogen) atoms. The molecule has 0 saturated heterocycles. The van der Waals surface area contributed by atoms with Gasteiger partial charge in [-0.05, 0) is 19.3 Å². The molecule has 0 aromatic carbocycles. The van der Waals surface area contributed by atoms with E-state index >= 15 is 0 Å². The van der Waals surface area contributed by atoms with Crippen molar-refractivity contribution in [2.45, 2.75) is 46.2 Å². The number of rotatable bonds is 3. The van der Waals surface area contributed by atoms with E-state index in [-0.39, 0.29) is 17.9 Å². The second-order valence-corrected chi connectivity index (χ2v) is 5.37. The predicted molar refractivity (Wildman–Crippen MR) is 56.7 cm³/mol. The molecule has 0 saturated carbocycles. The summed E-state index contributed by atoms with van der Waals surface area (Å²) < 4.78 is 0. The molecule has 0 bridgehead atoms. The molecule has 0 aromatic rings. The second kappa shape index (κ2) is 4.28. The van der Waals surface area contributed by atoms with E-state index in [0.29, 0.717) is 0 Å². The lowest BCUT2D eigenvalue weighted by Crippen LogP contribution is -2.55. The maximum Gasteiger partial charge on any atom is 0.237 e. The highest BCUT2D eigenvalue weighted by atomic mass is 16.3. The minimum atomic E-state index is -0.611. The first-order valence-corrected chi connectivity index (χ1v) is 4.78. The van der Waals surface area contributed by atoms with Crippen LogP contribution in [0.25, 0.3) is 0 Å². The number of nitrogens with one attached hydrogen (secondary N) is 1. The first kappa shape index (κ1) is 13.4. The monoisotopic (exact) mass is 202 g/mol. The van der Waals surface area contributed by atoms with Gasteiger partial charge in [0.05, 0.1) is 18.2 Å². The minimum absolute atomic E-state index is 0.102. The number of hydrogen-bond acceptors (Lipinski definition) is 3. The highest BCUT2D eigenvalue weighted by Gasteiger charge is 2.30. The molecule has 0 radical (unpaired) electrons. The van der Waals surface area contributed by atoms with E-state index in [0.717, 1.165) is 0 Å². The summed E-state index contributed by atoms with van der Waals surface area (Å²) in [6, 6.07) is -0.562. The van der Waals surface area contributed by atoms with Crippen molar-refractivity contribution >= 4 is 5.91 Å². The fourth-order valence-electron chi connectivity index (χ4n) is 0.844. The van der Waals surface area contributed by atoms with Crippen LogP contribution in [0.2, 0.25) is 0 Å². The van der Waals surface area contributed by atoms with Gasteiger partial charge in [-0.2, -0.15) is 0 Å². The fourth-order valence-corrected chi connectivity index (χ4v) is 0.844. The Hall–Kier alpha value is -0.610. The number of nitrogens with two attached hydrogens (primary N) is 1. The fraction of sp³-hybridized carbons (Fsp3) is 0.900. The Balaban J connectivity index is 4.37. The topological polar surface area (TPSA) is 75.3 Å². The van der Waals surface area contributed by atoms with E-state index in [1.54, 1.807) is 13.8 Å². The Morgan fingerprint density at radius 2 is 1.79 bits per heavy atom. The lowest BCUT2D eigenvalue weighted by molar-refractivity contribution is -0.126. The second-order valence-electron chi connectivity index (χ2n) is 5.37. The quantitative estimate of drug-likeness (QED) is 0.614. The van der Waals surface area contributed by atoms with E-state index in [1.165, 1.54) is 0 Å². The van der Waals surface area contributed by atoms with E-state index < -0.39 is 11.6 Å². The molecule has 1 amide bonds. The zero-order valence-electron chi connectivity index (χ0n) is 9.72. The molecule has 0 heterocycles. The van der Waals surface area contributed by atoms with E-state index in [2.05, 4.69) is 5.32 Å². The average Bonchev–Trinajstić information content (AvgIpc) is 2.00. The lowest BCUT2D eigenvalue weighted by atomic mass is 9.86. The molecule has 0 aliphatic carbocycles. The van der Waals surface area contributed by atoms with Gasteiger partial charge in [0, 0.05) is 0 Å². The van der Waals surface area contributed by atoms with Crippen LogP contribution in [-0.2, 0) is 4.79 Å². The Kier molecular flexibility index (Phi) is 4.09. The van der Waals surface area contributed by atoms with Gasteiger partial charge in [0.25, 0.3) is 0 Å². The normalized spacial score (nSPS) is 15.1. The van der Waals surface area contributed by atoms with Gasteiger partial charge >= 0.3 is 0 Å². The van der Waals surface area contributed by atoms with Crippen molar-refractivity contribution < 1.29 is 9.90 Å². The van der Waals surface area contributed by atoms with Crippen LogP contribution in [0.5, 0.6) is 0 Å². The van der Waals surface area contributed by atoms with Gasteiger partial charge in [-0.15, -0.1) is 0 Å². The predicted octanol–water partition coefficient (Wildman–Crippen LogP) is 0.247. The van der Waals surface area contributed by atoms with Crippen molar-refractivity contribution in [1.82, 2.24) is 5.32 Å². The van der Waals surface area contributed by atoms with Crippen molar-refractivity contribution in [1.29, 1.82) is 0 Å². The van der Waals surface area contributed by atoms with Gasteiger partial charge in [-0.1, -0.05) is 20.8 Å². The van der Waals surface area contributed by atoms with Crippen LogP contribution in [0, 0.1) is 5.41 Å². The van der Waals surface area contributed by atoms with Crippen molar-refractivity contribution in [2.24, 2.45) is 11.1 Å². The van der Waals surface area contributed by atoms with Crippen LogP contribution >= 0.6 is 0 Å². The summed E-state index contributed by atoms with van der Waals surface area (Å²) in [5.74, 6) is -0.225. The maximum absolute atomic E-state index is 11.6. The molecule has 0 rings (SSSR count). The number of aliphatic hydroxyl groups is 1. The molecule has 0 fully saturated rings. The average molecular weight is 202 g/mol. The Labute approximate surface area is 85.9 Å². The smallest absolute Gasteiger partial charge is 0.237 e. The van der Waals surface area contributed by atoms with Crippen LogP contribution in [0.3, 0.4) is 0 Å². The Bertz CT molecular complexity index is 207. The first-order valence-electron chi connectivity index (χ1n) is 4.78. The zero-order chi connectivity index (χ0) is 11.6. The Morgan fingerprint density at radius 3 is 2.07 bits per heavy atom. The minimum Gasteiger partial charge on any atom is -0.394 e. The van der Waals surface area contributed by atoms with Crippen LogP contribution in [0.15, 0.2) is 0 Å². The van der Waals surface area contributed by atoms with Gasteiger partial charge in [-0.3, -0.25) is 4.79 Å². The number of aliphatic hydroxyl groups excluding tert-OH is 1. The van der Waals surface area contributed by atoms with Crippen molar-refractivity contribution in [3.63, 3.8) is 0 Å². The summed E-state index contributed by atoms with van der Waals surface area (Å²) in [6.45, 7) is 9.12. The molecule has 0 spiro atoms. The van der Waals surface area contributed by atoms with Crippen LogP contribution < -0.4 is 11.1 Å². The third-order valence-electron chi connectivity index (χ3n) is 2.07. The standard InChI is InChI=1S/C10H22N2O2/c1-9(2,3)7(11)8(14)12-10(4,5)6-13/h7,13H,6,11H2,1-5H3,(H,12,14). The lowest BCUT2D eigenvalue weighted by Gasteiger charge is -2.30. The van der Waals surface area contributed by atoms with Crippen LogP contribution in [0.1, 0.15) is 34.6 Å². The highest BCUT2D eigenvalue weighted by Crippen LogP contribution is 2.17. The molecule has 4 nitrogen and oxygen atoms in total. The maximum atomic E-state index is 11.6.